The van der Waals surface area contributed by atoms with Crippen molar-refractivity contribution in [3.8, 4) is 11.1 Å². The molecular weight excluding hydrogens is 509 g/mol. The van der Waals surface area contributed by atoms with E-state index in [9.17, 15) is 9.18 Å². The summed E-state index contributed by atoms with van der Waals surface area (Å²) in [5.74, 6) is -0.120. The summed E-state index contributed by atoms with van der Waals surface area (Å²) in [6.07, 6.45) is 0.738. The van der Waals surface area contributed by atoms with Crippen molar-refractivity contribution in [2.24, 2.45) is 0 Å². The van der Waals surface area contributed by atoms with Crippen LogP contribution < -0.4 is 0 Å². The molecule has 6 aromatic rings. The number of halogens is 1. The van der Waals surface area contributed by atoms with Crippen LogP contribution in [-0.4, -0.2) is 53.9 Å². The van der Waals surface area contributed by atoms with Gasteiger partial charge in [-0.05, 0) is 83.2 Å². The Morgan fingerprint density at radius 3 is 2.37 bits per heavy atom. The molecule has 0 unspecified atom stereocenters. The number of carbonyl (C=O) groups excluding carboxylic acids is 1. The molecule has 7 rings (SSSR count). The van der Waals surface area contributed by atoms with Crippen LogP contribution in [0.2, 0.25) is 0 Å². The van der Waals surface area contributed by atoms with E-state index >= 15 is 0 Å². The number of aromatic nitrogens is 1. The van der Waals surface area contributed by atoms with Crippen molar-refractivity contribution >= 4 is 38.5 Å². The molecule has 1 aromatic heterocycles. The molecule has 4 nitrogen and oxygen atoms in total. The van der Waals surface area contributed by atoms with Crippen LogP contribution >= 0.6 is 0 Å². The Balaban J connectivity index is 1.33. The quantitative estimate of drug-likeness (QED) is 0.250. The molecule has 0 spiro atoms. The molecule has 5 heteroatoms. The molecule has 204 valence electrons. The van der Waals surface area contributed by atoms with Crippen molar-refractivity contribution in [2.75, 3.05) is 33.2 Å². The predicted molar refractivity (Wildman–Crippen MR) is 166 cm³/mol. The molecule has 1 N–H and O–H groups in total. The van der Waals surface area contributed by atoms with Crippen molar-refractivity contribution in [3.63, 3.8) is 0 Å². The van der Waals surface area contributed by atoms with E-state index in [0.29, 0.717) is 0 Å². The summed E-state index contributed by atoms with van der Waals surface area (Å²) in [6, 6.07) is 30.2. The van der Waals surface area contributed by atoms with Crippen molar-refractivity contribution in [1.29, 1.82) is 0 Å². The smallest absolute Gasteiger partial charge is 0.254 e. The minimum atomic E-state index is -0.216. The maximum atomic E-state index is 13.5. The minimum absolute atomic E-state index is 0.0957. The lowest BCUT2D eigenvalue weighted by Crippen LogP contribution is -2.47. The molecule has 1 fully saturated rings. The van der Waals surface area contributed by atoms with Gasteiger partial charge in [0.15, 0.2) is 0 Å². The summed E-state index contributed by atoms with van der Waals surface area (Å²) < 4.78 is 13.5. The average Bonchev–Trinajstić information content (AvgIpc) is 3.38. The van der Waals surface area contributed by atoms with Crippen LogP contribution in [0.1, 0.15) is 27.0 Å². The van der Waals surface area contributed by atoms with Gasteiger partial charge < -0.3 is 14.8 Å². The highest BCUT2D eigenvalue weighted by Crippen LogP contribution is 2.40. The van der Waals surface area contributed by atoms with Gasteiger partial charge in [0.2, 0.25) is 0 Å². The Kier molecular flexibility index (Phi) is 6.32. The SMILES string of the molecule is Cc1ccc(-c2cccc3c(Cc4ccc(F)cc4)cccc23)c2c1[nH]c1cc(C(=O)N3CCN(C)CC3)ccc12. The third kappa shape index (κ3) is 4.56. The Morgan fingerprint density at radius 2 is 1.56 bits per heavy atom. The third-order valence-electron chi connectivity index (χ3n) is 8.61. The third-order valence-corrected chi connectivity index (χ3v) is 8.61. The number of likely N-dealkylation sites (N-methyl/N-ethyl adjacent to an activating group) is 1. The van der Waals surface area contributed by atoms with Crippen LogP contribution in [0, 0.1) is 12.7 Å². The number of aryl methyl sites for hydroxylation is 1. The number of aromatic amines is 1. The van der Waals surface area contributed by atoms with E-state index in [-0.39, 0.29) is 11.7 Å². The number of piperazine rings is 1. The lowest BCUT2D eigenvalue weighted by molar-refractivity contribution is 0.0664. The fourth-order valence-electron chi connectivity index (χ4n) is 6.28. The highest BCUT2D eigenvalue weighted by atomic mass is 19.1. The standard InChI is InChI=1S/C36H32FN3O/c1-23-9-15-31(30-8-4-6-28-25(5-3-7-29(28)30)21-24-10-13-27(37)14-11-24)34-32-16-12-26(22-33(32)38-35(23)34)36(41)40-19-17-39(2)18-20-40/h3-16,22,38H,17-21H2,1-2H3. The van der Waals surface area contributed by atoms with Crippen LogP contribution in [0.3, 0.4) is 0 Å². The van der Waals surface area contributed by atoms with Gasteiger partial charge in [-0.15, -0.1) is 0 Å². The molecule has 2 heterocycles. The number of rotatable bonds is 4. The van der Waals surface area contributed by atoms with E-state index in [0.717, 1.165) is 60.1 Å². The van der Waals surface area contributed by atoms with Gasteiger partial charge in [-0.3, -0.25) is 4.79 Å². The number of benzene rings is 5. The molecule has 1 saturated heterocycles. The second-order valence-electron chi connectivity index (χ2n) is 11.3. The van der Waals surface area contributed by atoms with Crippen LogP contribution in [-0.2, 0) is 6.42 Å². The summed E-state index contributed by atoms with van der Waals surface area (Å²) in [5.41, 5.74) is 8.61. The van der Waals surface area contributed by atoms with Crippen molar-refractivity contribution < 1.29 is 9.18 Å². The zero-order valence-corrected chi connectivity index (χ0v) is 23.4. The fraction of sp³-hybridized carbons (Fsp3) is 0.194. The number of H-pyrrole nitrogens is 1. The van der Waals surface area contributed by atoms with Gasteiger partial charge in [-0.25, -0.2) is 4.39 Å². The van der Waals surface area contributed by atoms with E-state index in [1.165, 1.54) is 50.5 Å². The first kappa shape index (κ1) is 25.5. The highest BCUT2D eigenvalue weighted by molar-refractivity contribution is 6.18. The molecular formula is C36H32FN3O. The van der Waals surface area contributed by atoms with Crippen LogP contribution in [0.25, 0.3) is 43.7 Å². The molecule has 1 aliphatic rings. The lowest BCUT2D eigenvalue weighted by Gasteiger charge is -2.32. The first-order valence-corrected chi connectivity index (χ1v) is 14.2. The van der Waals surface area contributed by atoms with Gasteiger partial charge in [0, 0.05) is 48.0 Å². The van der Waals surface area contributed by atoms with Gasteiger partial charge in [0.25, 0.3) is 5.91 Å². The van der Waals surface area contributed by atoms with E-state index < -0.39 is 0 Å². The predicted octanol–water partition coefficient (Wildman–Crippen LogP) is 7.57. The van der Waals surface area contributed by atoms with Crippen LogP contribution in [0.4, 0.5) is 4.39 Å². The molecule has 0 atom stereocenters. The van der Waals surface area contributed by atoms with Gasteiger partial charge in [0.1, 0.15) is 5.82 Å². The first-order chi connectivity index (χ1) is 20.0. The Hall–Kier alpha value is -4.48. The van der Waals surface area contributed by atoms with E-state index in [1.807, 2.05) is 29.2 Å². The topological polar surface area (TPSA) is 39.3 Å². The fourth-order valence-corrected chi connectivity index (χ4v) is 6.28. The molecule has 5 aromatic carbocycles. The summed E-state index contributed by atoms with van der Waals surface area (Å²) in [4.78, 5) is 21.2. The number of hydrogen-bond acceptors (Lipinski definition) is 2. The molecule has 1 amide bonds. The number of nitrogens with zero attached hydrogens (tertiary/aromatic N) is 2. The Morgan fingerprint density at radius 1 is 0.805 bits per heavy atom. The zero-order valence-electron chi connectivity index (χ0n) is 23.4. The lowest BCUT2D eigenvalue weighted by atomic mass is 9.90. The maximum absolute atomic E-state index is 13.5. The first-order valence-electron chi connectivity index (χ1n) is 14.2. The largest absolute Gasteiger partial charge is 0.354 e. The molecule has 0 aliphatic carbocycles. The number of carbonyl (C=O) groups is 1. The highest BCUT2D eigenvalue weighted by Gasteiger charge is 2.22. The van der Waals surface area contributed by atoms with E-state index in [1.54, 1.807) is 0 Å². The second-order valence-corrected chi connectivity index (χ2v) is 11.3. The minimum Gasteiger partial charge on any atom is -0.354 e. The number of amides is 1. The number of hydrogen-bond donors (Lipinski definition) is 1. The molecule has 0 bridgehead atoms. The van der Waals surface area contributed by atoms with Gasteiger partial charge >= 0.3 is 0 Å². The number of fused-ring (bicyclic) bond motifs is 4. The van der Waals surface area contributed by atoms with Crippen molar-refractivity contribution in [1.82, 2.24) is 14.8 Å². The van der Waals surface area contributed by atoms with Gasteiger partial charge in [-0.1, -0.05) is 66.7 Å². The van der Waals surface area contributed by atoms with Crippen LogP contribution in [0.15, 0.2) is 91.0 Å². The van der Waals surface area contributed by atoms with E-state index in [4.69, 9.17) is 0 Å². The van der Waals surface area contributed by atoms with Crippen molar-refractivity contribution in [3.05, 3.63) is 119 Å². The average molecular weight is 542 g/mol. The molecule has 41 heavy (non-hydrogen) atoms. The summed E-state index contributed by atoms with van der Waals surface area (Å²) in [5, 5.41) is 4.68. The van der Waals surface area contributed by atoms with Crippen molar-refractivity contribution in [2.45, 2.75) is 13.3 Å². The van der Waals surface area contributed by atoms with Gasteiger partial charge in [-0.2, -0.15) is 0 Å². The summed E-state index contributed by atoms with van der Waals surface area (Å²) in [6.45, 7) is 5.45. The zero-order chi connectivity index (χ0) is 28.1. The van der Waals surface area contributed by atoms with Gasteiger partial charge in [0.05, 0.1) is 5.52 Å². The monoisotopic (exact) mass is 541 g/mol. The maximum Gasteiger partial charge on any atom is 0.254 e. The Bertz CT molecular complexity index is 1930. The molecule has 1 aliphatic heterocycles. The molecule has 0 saturated carbocycles. The summed E-state index contributed by atoms with van der Waals surface area (Å²) >= 11 is 0. The second kappa shape index (κ2) is 10.2. The Labute approximate surface area is 239 Å². The molecule has 0 radical (unpaired) electrons. The summed E-state index contributed by atoms with van der Waals surface area (Å²) in [7, 11) is 2.10. The number of nitrogens with one attached hydrogen (secondary N) is 1. The van der Waals surface area contributed by atoms with E-state index in [2.05, 4.69) is 78.5 Å². The van der Waals surface area contributed by atoms with Crippen LogP contribution in [0.5, 0.6) is 0 Å². The normalized spacial score (nSPS) is 14.4.